The van der Waals surface area contributed by atoms with Gasteiger partial charge in [0.2, 0.25) is 0 Å². The van der Waals surface area contributed by atoms with Crippen LogP contribution in [0.25, 0.3) is 205 Å². The monoisotopic (exact) mass is 1030 g/mol. The molecule has 20 aromatic carbocycles. The number of fused-ring (bicyclic) bond motifs is 20. The smallest absolute Gasteiger partial charge is 0.00988 e. The lowest BCUT2D eigenvalue weighted by Crippen LogP contribution is -1.85. The highest BCUT2D eigenvalue weighted by Gasteiger charge is 2.13. The van der Waals surface area contributed by atoms with E-state index in [0.29, 0.717) is 0 Å². The number of hydrogen-bond donors (Lipinski definition) is 0. The molecule has 0 unspecified atom stereocenters. The standard InChI is InChI=1S/C82H44/c1-2-7-47-13-53-19-59-25-65-31-71-36-74-38-76-40-78-42-80-44-82-50(16-56(80)22-62(78)28-68(76)34-72(74)35-70(71)30-64(65)24-58(59)18-52(53)12-46(47)6-1)10-9-49-15-55-21-61-27-67-33-69-29-63-23-57-17-51-11-45-5-3-4-8-48(45)14-54(51)20-60(57)26-66(63)32-73(69)37-75(67)39-77(61)41-79(55)43-81(49)82/h1-44H. The van der Waals surface area contributed by atoms with Crippen molar-refractivity contribution in [3.63, 3.8) is 0 Å². The lowest BCUT2D eigenvalue weighted by atomic mass is 9.92. The van der Waals surface area contributed by atoms with E-state index in [1.807, 2.05) is 0 Å². The molecular weight excluding hydrogens is 985 g/mol. The molecule has 0 nitrogen and oxygen atoms in total. The van der Waals surface area contributed by atoms with Gasteiger partial charge in [-0.2, -0.15) is 0 Å². The van der Waals surface area contributed by atoms with Crippen LogP contribution in [-0.2, 0) is 0 Å². The summed E-state index contributed by atoms with van der Waals surface area (Å²) in [4.78, 5) is 0. The third-order valence-electron chi connectivity index (χ3n) is 18.9. The van der Waals surface area contributed by atoms with Gasteiger partial charge in [-0.3, -0.25) is 0 Å². The predicted molar refractivity (Wildman–Crippen MR) is 359 cm³/mol. The van der Waals surface area contributed by atoms with Crippen molar-refractivity contribution in [2.24, 2.45) is 0 Å². The minimum Gasteiger partial charge on any atom is -0.0616 e. The molecule has 0 atom stereocenters. The highest BCUT2D eigenvalue weighted by atomic mass is 14.2. The second-order valence-electron chi connectivity index (χ2n) is 23.9. The third kappa shape index (κ3) is 6.43. The van der Waals surface area contributed by atoms with E-state index in [0.717, 1.165) is 0 Å². The van der Waals surface area contributed by atoms with E-state index in [-0.39, 0.29) is 0 Å². The van der Waals surface area contributed by atoms with Crippen LogP contribution in [0.4, 0.5) is 0 Å². The molecule has 0 radical (unpaired) electrons. The van der Waals surface area contributed by atoms with Gasteiger partial charge in [0.25, 0.3) is 0 Å². The topological polar surface area (TPSA) is 0 Å². The first-order valence-electron chi connectivity index (χ1n) is 28.7. The van der Waals surface area contributed by atoms with Crippen molar-refractivity contribution in [1.29, 1.82) is 0 Å². The Balaban J connectivity index is 0.669. The summed E-state index contributed by atoms with van der Waals surface area (Å²) in [6, 6.07) is 103. The molecule has 0 aliphatic heterocycles. The number of benzene rings is 20. The van der Waals surface area contributed by atoms with Gasteiger partial charge in [0.1, 0.15) is 0 Å². The van der Waals surface area contributed by atoms with Gasteiger partial charge in [0.15, 0.2) is 0 Å². The maximum absolute atomic E-state index is 2.43. The van der Waals surface area contributed by atoms with Crippen LogP contribution in [0.3, 0.4) is 0 Å². The Bertz CT molecular complexity index is 6330. The normalized spacial score (nSPS) is 12.6. The molecule has 0 saturated carbocycles. The first-order valence-corrected chi connectivity index (χ1v) is 28.7. The lowest BCUT2D eigenvalue weighted by molar-refractivity contribution is 1.79. The molecule has 0 fully saturated rings. The summed E-state index contributed by atoms with van der Waals surface area (Å²) in [6.45, 7) is 0. The maximum Gasteiger partial charge on any atom is -0.00988 e. The van der Waals surface area contributed by atoms with Crippen LogP contribution in [0.1, 0.15) is 0 Å². The molecule has 0 saturated heterocycles. The molecule has 0 aliphatic carbocycles. The van der Waals surface area contributed by atoms with Crippen molar-refractivity contribution < 1.29 is 0 Å². The highest BCUT2D eigenvalue weighted by Crippen LogP contribution is 2.41. The molecule has 82 heavy (non-hydrogen) atoms. The summed E-state index contributed by atoms with van der Waals surface area (Å²) >= 11 is 0. The van der Waals surface area contributed by atoms with Crippen molar-refractivity contribution in [2.45, 2.75) is 0 Å². The molecule has 0 heteroatoms. The van der Waals surface area contributed by atoms with Crippen molar-refractivity contribution >= 4 is 205 Å². The fraction of sp³-hybridized carbons (Fsp3) is 0. The van der Waals surface area contributed by atoms with Crippen LogP contribution in [0.2, 0.25) is 0 Å². The summed E-state index contributed by atoms with van der Waals surface area (Å²) in [5.74, 6) is 0. The Morgan fingerprint density at radius 2 is 0.195 bits per heavy atom. The summed E-state index contributed by atoms with van der Waals surface area (Å²) < 4.78 is 0. The minimum atomic E-state index is 1.26. The molecule has 0 aromatic heterocycles. The van der Waals surface area contributed by atoms with E-state index < -0.39 is 0 Å². The Labute approximate surface area is 468 Å². The summed E-state index contributed by atoms with van der Waals surface area (Å²) in [6.07, 6.45) is 0. The molecule has 372 valence electrons. The molecule has 0 N–H and O–H groups in total. The van der Waals surface area contributed by atoms with E-state index >= 15 is 0 Å². The van der Waals surface area contributed by atoms with E-state index in [9.17, 15) is 0 Å². The number of hydrogen-bond acceptors (Lipinski definition) is 0. The molecule has 0 aliphatic rings. The quantitative estimate of drug-likeness (QED) is 0.105. The zero-order valence-corrected chi connectivity index (χ0v) is 44.4. The SMILES string of the molecule is c1ccc2cc3cc4cc5cc6cc7cc8cc9cc%10cc%11c(ccc%12cc%13cc%14cc%15cc%16cc%17cc%18cc%19cc%20ccccc%20cc%19cc%18cc%17cc%16cc%15cc%14cc%13cc%12%11)cc%10cc9cc8cc7cc6cc5cc4cc3cc2c1. The van der Waals surface area contributed by atoms with Gasteiger partial charge in [-0.15, -0.1) is 0 Å². The fourth-order valence-corrected chi connectivity index (χ4v) is 14.7. The first-order chi connectivity index (χ1) is 40.4. The minimum absolute atomic E-state index is 1.26. The lowest BCUT2D eigenvalue weighted by Gasteiger charge is -2.12. The van der Waals surface area contributed by atoms with Crippen LogP contribution in [0.5, 0.6) is 0 Å². The van der Waals surface area contributed by atoms with Crippen molar-refractivity contribution in [2.75, 3.05) is 0 Å². The molecule has 0 spiro atoms. The van der Waals surface area contributed by atoms with E-state index in [2.05, 4.69) is 267 Å². The molecule has 0 heterocycles. The second kappa shape index (κ2) is 15.6. The highest BCUT2D eigenvalue weighted by molar-refractivity contribution is 6.21. The fourth-order valence-electron chi connectivity index (χ4n) is 14.7. The van der Waals surface area contributed by atoms with Crippen LogP contribution >= 0.6 is 0 Å². The summed E-state index contributed by atoms with van der Waals surface area (Å²) in [5.41, 5.74) is 0. The Morgan fingerprint density at radius 1 is 0.0854 bits per heavy atom. The van der Waals surface area contributed by atoms with Crippen LogP contribution < -0.4 is 0 Å². The largest absolute Gasteiger partial charge is 0.0616 e. The predicted octanol–water partition coefficient (Wildman–Crippen LogP) is 23.6. The zero-order valence-electron chi connectivity index (χ0n) is 44.4. The van der Waals surface area contributed by atoms with Crippen LogP contribution in [0.15, 0.2) is 267 Å². The average molecular weight is 1030 g/mol. The summed E-state index contributed by atoms with van der Waals surface area (Å²) in [7, 11) is 0. The molecular formula is C82H44. The second-order valence-corrected chi connectivity index (χ2v) is 23.9. The Hall–Kier alpha value is -10.7. The van der Waals surface area contributed by atoms with Crippen molar-refractivity contribution in [3.05, 3.63) is 267 Å². The average Bonchev–Trinajstić information content (AvgIpc) is 3.65. The van der Waals surface area contributed by atoms with Gasteiger partial charge < -0.3 is 0 Å². The van der Waals surface area contributed by atoms with Gasteiger partial charge >= 0.3 is 0 Å². The Morgan fingerprint density at radius 3 is 0.341 bits per heavy atom. The molecule has 0 amide bonds. The van der Waals surface area contributed by atoms with Gasteiger partial charge in [-0.25, -0.2) is 0 Å². The van der Waals surface area contributed by atoms with Crippen LogP contribution in [-0.4, -0.2) is 0 Å². The van der Waals surface area contributed by atoms with Gasteiger partial charge in [0, 0.05) is 0 Å². The molecule has 20 aromatic rings. The van der Waals surface area contributed by atoms with E-state index in [1.54, 1.807) is 0 Å². The third-order valence-corrected chi connectivity index (χ3v) is 18.9. The van der Waals surface area contributed by atoms with Crippen LogP contribution in [0, 0.1) is 0 Å². The summed E-state index contributed by atoms with van der Waals surface area (Å²) in [5, 5.41) is 48.4. The van der Waals surface area contributed by atoms with Gasteiger partial charge in [0.05, 0.1) is 0 Å². The van der Waals surface area contributed by atoms with E-state index in [1.165, 1.54) is 205 Å². The van der Waals surface area contributed by atoms with Crippen molar-refractivity contribution in [3.8, 4) is 0 Å². The van der Waals surface area contributed by atoms with Gasteiger partial charge in [-0.1, -0.05) is 60.7 Å². The Kier molecular flexibility index (Phi) is 8.22. The maximum atomic E-state index is 2.43. The van der Waals surface area contributed by atoms with Crippen molar-refractivity contribution in [1.82, 2.24) is 0 Å². The zero-order chi connectivity index (χ0) is 53.1. The van der Waals surface area contributed by atoms with Gasteiger partial charge in [-0.05, 0) is 411 Å². The molecule has 0 bridgehead atoms. The molecule has 20 rings (SSSR count). The van der Waals surface area contributed by atoms with E-state index in [4.69, 9.17) is 0 Å². The number of rotatable bonds is 0. The first kappa shape index (κ1) is 43.2.